The van der Waals surface area contributed by atoms with Gasteiger partial charge >= 0.3 is 6.18 Å². The molecule has 0 fully saturated rings. The molecule has 0 spiro atoms. The first-order valence-corrected chi connectivity index (χ1v) is 5.51. The van der Waals surface area contributed by atoms with E-state index in [2.05, 4.69) is 0 Å². The molecule has 1 rings (SSSR count). The van der Waals surface area contributed by atoms with Crippen LogP contribution in [0.5, 0.6) is 0 Å². The van der Waals surface area contributed by atoms with Crippen molar-refractivity contribution in [1.82, 2.24) is 0 Å². The van der Waals surface area contributed by atoms with Gasteiger partial charge in [-0.3, -0.25) is 0 Å². The maximum Gasteiger partial charge on any atom is 0.405 e. The zero-order chi connectivity index (χ0) is 13.9. The molecule has 2 N–H and O–H groups in total. The number of alkyl halides is 3. The Balaban J connectivity index is 2.85. The lowest BCUT2D eigenvalue weighted by molar-refractivity contribution is -0.119. The average Bonchev–Trinajstić information content (AvgIpc) is 2.13. The van der Waals surface area contributed by atoms with E-state index >= 15 is 0 Å². The maximum absolute atomic E-state index is 13.7. The quantitative estimate of drug-likeness (QED) is 0.847. The SMILES string of the molecule is CC(N)Cc1ccc(N(C)CC(F)(F)F)c(F)c1. The molecule has 0 aliphatic rings. The molecule has 1 unspecified atom stereocenters. The number of anilines is 1. The summed E-state index contributed by atoms with van der Waals surface area (Å²) in [7, 11) is 1.21. The molecule has 0 bridgehead atoms. The van der Waals surface area contributed by atoms with Gasteiger partial charge in [0.2, 0.25) is 0 Å². The van der Waals surface area contributed by atoms with Crippen molar-refractivity contribution in [1.29, 1.82) is 0 Å². The number of nitrogens with zero attached hydrogens (tertiary/aromatic N) is 1. The lowest BCUT2D eigenvalue weighted by Gasteiger charge is -2.21. The largest absolute Gasteiger partial charge is 0.405 e. The van der Waals surface area contributed by atoms with Crippen LogP contribution in [0.4, 0.5) is 23.2 Å². The van der Waals surface area contributed by atoms with Crippen molar-refractivity contribution in [2.24, 2.45) is 5.73 Å². The summed E-state index contributed by atoms with van der Waals surface area (Å²) in [5.41, 5.74) is 6.18. The molecule has 2 nitrogen and oxygen atoms in total. The number of benzene rings is 1. The molecule has 0 saturated heterocycles. The Bertz CT molecular complexity index is 402. The summed E-state index contributed by atoms with van der Waals surface area (Å²) in [6, 6.07) is 4.04. The van der Waals surface area contributed by atoms with Gasteiger partial charge in [0.15, 0.2) is 0 Å². The normalized spacial score (nSPS) is 13.5. The van der Waals surface area contributed by atoms with Gasteiger partial charge in [0, 0.05) is 13.1 Å². The lowest BCUT2D eigenvalue weighted by Crippen LogP contribution is -2.31. The van der Waals surface area contributed by atoms with Gasteiger partial charge in [-0.2, -0.15) is 13.2 Å². The molecular weight excluding hydrogens is 248 g/mol. The lowest BCUT2D eigenvalue weighted by atomic mass is 10.1. The van der Waals surface area contributed by atoms with Crippen LogP contribution >= 0.6 is 0 Å². The van der Waals surface area contributed by atoms with Crippen LogP contribution in [-0.4, -0.2) is 25.8 Å². The summed E-state index contributed by atoms with van der Waals surface area (Å²) in [4.78, 5) is 0.838. The fourth-order valence-corrected chi connectivity index (χ4v) is 1.71. The zero-order valence-electron chi connectivity index (χ0n) is 10.3. The predicted octanol–water partition coefficient (Wildman–Crippen LogP) is 2.71. The van der Waals surface area contributed by atoms with Gasteiger partial charge in [0.25, 0.3) is 0 Å². The van der Waals surface area contributed by atoms with Gasteiger partial charge in [-0.05, 0) is 31.0 Å². The van der Waals surface area contributed by atoms with Crippen LogP contribution in [0.1, 0.15) is 12.5 Å². The number of rotatable bonds is 4. The highest BCUT2D eigenvalue weighted by molar-refractivity contribution is 5.48. The third-order valence-electron chi connectivity index (χ3n) is 2.40. The van der Waals surface area contributed by atoms with Crippen molar-refractivity contribution in [2.45, 2.75) is 25.6 Å². The van der Waals surface area contributed by atoms with Crippen LogP contribution in [0, 0.1) is 5.82 Å². The van der Waals surface area contributed by atoms with E-state index in [9.17, 15) is 17.6 Å². The van der Waals surface area contributed by atoms with Crippen LogP contribution in [0.2, 0.25) is 0 Å². The number of nitrogens with two attached hydrogens (primary N) is 1. The van der Waals surface area contributed by atoms with E-state index in [4.69, 9.17) is 5.73 Å². The monoisotopic (exact) mass is 264 g/mol. The smallest absolute Gasteiger partial charge is 0.363 e. The van der Waals surface area contributed by atoms with Crippen LogP contribution < -0.4 is 10.6 Å². The second-order valence-electron chi connectivity index (χ2n) is 4.44. The van der Waals surface area contributed by atoms with Gasteiger partial charge < -0.3 is 10.6 Å². The molecule has 0 aliphatic heterocycles. The maximum atomic E-state index is 13.7. The first kappa shape index (κ1) is 14.8. The minimum absolute atomic E-state index is 0.0688. The first-order chi connectivity index (χ1) is 8.19. The van der Waals surface area contributed by atoms with E-state index in [1.807, 2.05) is 0 Å². The predicted molar refractivity (Wildman–Crippen MR) is 63.1 cm³/mol. The second kappa shape index (κ2) is 5.56. The van der Waals surface area contributed by atoms with Crippen LogP contribution in [0.3, 0.4) is 0 Å². The summed E-state index contributed by atoms with van der Waals surface area (Å²) in [6.45, 7) is 0.595. The molecule has 18 heavy (non-hydrogen) atoms. The van der Waals surface area contributed by atoms with Gasteiger partial charge in [-0.15, -0.1) is 0 Å². The molecule has 0 saturated carbocycles. The van der Waals surface area contributed by atoms with Gasteiger partial charge in [-0.25, -0.2) is 4.39 Å². The molecule has 1 aromatic rings. The van der Waals surface area contributed by atoms with Crippen LogP contribution in [0.15, 0.2) is 18.2 Å². The van der Waals surface area contributed by atoms with Crippen molar-refractivity contribution in [3.63, 3.8) is 0 Å². The van der Waals surface area contributed by atoms with E-state index in [0.717, 1.165) is 4.90 Å². The fraction of sp³-hybridized carbons (Fsp3) is 0.500. The molecule has 0 aromatic heterocycles. The van der Waals surface area contributed by atoms with E-state index in [1.165, 1.54) is 19.2 Å². The van der Waals surface area contributed by atoms with Crippen LogP contribution in [-0.2, 0) is 6.42 Å². The van der Waals surface area contributed by atoms with Crippen molar-refractivity contribution in [2.75, 3.05) is 18.5 Å². The zero-order valence-corrected chi connectivity index (χ0v) is 10.3. The summed E-state index contributed by atoms with van der Waals surface area (Å²) in [5.74, 6) is -0.667. The Morgan fingerprint density at radius 3 is 2.39 bits per heavy atom. The topological polar surface area (TPSA) is 29.3 Å². The third-order valence-corrected chi connectivity index (χ3v) is 2.40. The number of hydrogen-bond acceptors (Lipinski definition) is 2. The number of halogens is 4. The van der Waals surface area contributed by atoms with E-state index in [-0.39, 0.29) is 11.7 Å². The first-order valence-electron chi connectivity index (χ1n) is 5.51. The third kappa shape index (κ3) is 4.52. The summed E-state index contributed by atoms with van der Waals surface area (Å²) >= 11 is 0. The molecule has 0 radical (unpaired) electrons. The molecule has 0 heterocycles. The second-order valence-corrected chi connectivity index (χ2v) is 4.44. The highest BCUT2D eigenvalue weighted by Gasteiger charge is 2.30. The van der Waals surface area contributed by atoms with Crippen molar-refractivity contribution >= 4 is 5.69 Å². The average molecular weight is 264 g/mol. The molecule has 1 atom stereocenters. The minimum atomic E-state index is -4.36. The Labute approximate surface area is 103 Å². The minimum Gasteiger partial charge on any atom is -0.363 e. The molecule has 1 aromatic carbocycles. The van der Waals surface area contributed by atoms with Crippen molar-refractivity contribution in [3.8, 4) is 0 Å². The summed E-state index contributed by atoms with van der Waals surface area (Å²) in [5, 5.41) is 0. The fourth-order valence-electron chi connectivity index (χ4n) is 1.71. The molecular formula is C12H16F4N2. The number of hydrogen-bond donors (Lipinski definition) is 1. The Morgan fingerprint density at radius 1 is 1.33 bits per heavy atom. The standard InChI is InChI=1S/C12H16F4N2/c1-8(17)5-9-3-4-11(10(13)6-9)18(2)7-12(14,15)16/h3-4,6,8H,5,7,17H2,1-2H3. The Kier molecular flexibility index (Phi) is 4.56. The summed E-state index contributed by atoms with van der Waals surface area (Å²) in [6.07, 6.45) is -3.87. The van der Waals surface area contributed by atoms with Gasteiger partial charge in [0.05, 0.1) is 5.69 Å². The molecule has 0 aliphatic carbocycles. The molecule has 6 heteroatoms. The Morgan fingerprint density at radius 2 is 1.94 bits per heavy atom. The highest BCUT2D eigenvalue weighted by Crippen LogP contribution is 2.24. The Hall–Kier alpha value is -1.30. The van der Waals surface area contributed by atoms with Crippen LogP contribution in [0.25, 0.3) is 0 Å². The van der Waals surface area contributed by atoms with Gasteiger partial charge in [0.1, 0.15) is 12.4 Å². The van der Waals surface area contributed by atoms with E-state index in [0.29, 0.717) is 12.0 Å². The van der Waals surface area contributed by atoms with E-state index in [1.54, 1.807) is 13.0 Å². The van der Waals surface area contributed by atoms with Crippen molar-refractivity contribution in [3.05, 3.63) is 29.6 Å². The molecule has 102 valence electrons. The van der Waals surface area contributed by atoms with Gasteiger partial charge in [-0.1, -0.05) is 6.07 Å². The van der Waals surface area contributed by atoms with E-state index < -0.39 is 18.5 Å². The molecule has 0 amide bonds. The summed E-state index contributed by atoms with van der Waals surface area (Å²) < 4.78 is 50.3. The highest BCUT2D eigenvalue weighted by atomic mass is 19.4. The van der Waals surface area contributed by atoms with Crippen molar-refractivity contribution < 1.29 is 17.6 Å².